The van der Waals surface area contributed by atoms with Crippen LogP contribution in [0.3, 0.4) is 0 Å². The molecule has 2 aromatic rings. The highest BCUT2D eigenvalue weighted by molar-refractivity contribution is 6.06. The van der Waals surface area contributed by atoms with Gasteiger partial charge in [0.05, 0.1) is 10.5 Å². The summed E-state index contributed by atoms with van der Waals surface area (Å²) in [5.41, 5.74) is 0.0103. The number of non-ortho nitro benzene ring substituents is 1. The average Bonchev–Trinajstić information content (AvgIpc) is 2.70. The van der Waals surface area contributed by atoms with E-state index in [-0.39, 0.29) is 11.3 Å². The van der Waals surface area contributed by atoms with Crippen molar-refractivity contribution in [2.75, 3.05) is 45.8 Å². The van der Waals surface area contributed by atoms with Gasteiger partial charge in [-0.1, -0.05) is 6.92 Å². The van der Waals surface area contributed by atoms with Crippen LogP contribution in [0.2, 0.25) is 0 Å². The lowest BCUT2D eigenvalue weighted by Crippen LogP contribution is -2.46. The van der Waals surface area contributed by atoms with E-state index in [1.807, 2.05) is 0 Å². The van der Waals surface area contributed by atoms with E-state index in [2.05, 4.69) is 27.0 Å². The van der Waals surface area contributed by atoms with E-state index in [1.165, 1.54) is 24.3 Å². The van der Waals surface area contributed by atoms with E-state index < -0.39 is 16.4 Å². The maximum absolute atomic E-state index is 12.6. The number of H-pyrrole nitrogens is 1. The topological polar surface area (TPSA) is 112 Å². The SMILES string of the molecule is CCN1CCN(CCCNC(=O)c2cc(=O)[nH]c3ccc([N+](=O)[O-])cc23)CC1. The maximum atomic E-state index is 12.6. The zero-order valence-corrected chi connectivity index (χ0v) is 15.9. The van der Waals surface area contributed by atoms with Gasteiger partial charge in [-0.25, -0.2) is 0 Å². The average molecular weight is 387 g/mol. The summed E-state index contributed by atoms with van der Waals surface area (Å²) in [5, 5.41) is 14.2. The molecule has 2 heterocycles. The van der Waals surface area contributed by atoms with Crippen LogP contribution in [0.25, 0.3) is 10.9 Å². The van der Waals surface area contributed by atoms with Crippen LogP contribution in [0.1, 0.15) is 23.7 Å². The molecule has 0 unspecified atom stereocenters. The van der Waals surface area contributed by atoms with Crippen molar-refractivity contribution in [3.63, 3.8) is 0 Å². The van der Waals surface area contributed by atoms with Crippen LogP contribution in [-0.4, -0.2) is 71.4 Å². The largest absolute Gasteiger partial charge is 0.352 e. The standard InChI is InChI=1S/C19H25N5O4/c1-2-22-8-10-23(11-9-22)7-3-6-20-19(26)16-13-18(25)21-17-5-4-14(24(27)28)12-15(16)17/h4-5,12-13H,2-3,6-11H2,1H3,(H,20,26)(H,21,25). The Bertz CT molecular complexity index is 918. The smallest absolute Gasteiger partial charge is 0.270 e. The molecule has 9 heteroatoms. The molecule has 2 N–H and O–H groups in total. The first-order chi connectivity index (χ1) is 13.5. The number of fused-ring (bicyclic) bond motifs is 1. The van der Waals surface area contributed by atoms with Gasteiger partial charge in [-0.15, -0.1) is 0 Å². The summed E-state index contributed by atoms with van der Waals surface area (Å²) in [6.07, 6.45) is 0.805. The second-order valence-corrected chi connectivity index (χ2v) is 6.92. The summed E-state index contributed by atoms with van der Waals surface area (Å²) in [6.45, 7) is 8.83. The van der Waals surface area contributed by atoms with Crippen molar-refractivity contribution in [2.24, 2.45) is 0 Å². The van der Waals surface area contributed by atoms with Gasteiger partial charge < -0.3 is 20.1 Å². The number of nitro groups is 1. The molecule has 1 saturated heterocycles. The third-order valence-electron chi connectivity index (χ3n) is 5.13. The molecule has 0 saturated carbocycles. The zero-order chi connectivity index (χ0) is 20.1. The van der Waals surface area contributed by atoms with E-state index in [4.69, 9.17) is 0 Å². The van der Waals surface area contributed by atoms with E-state index >= 15 is 0 Å². The second-order valence-electron chi connectivity index (χ2n) is 6.92. The van der Waals surface area contributed by atoms with Gasteiger partial charge in [0, 0.05) is 61.8 Å². The lowest BCUT2D eigenvalue weighted by Gasteiger charge is -2.33. The van der Waals surface area contributed by atoms with Crippen LogP contribution in [0.5, 0.6) is 0 Å². The summed E-state index contributed by atoms with van der Waals surface area (Å²) < 4.78 is 0. The van der Waals surface area contributed by atoms with E-state index in [9.17, 15) is 19.7 Å². The molecule has 9 nitrogen and oxygen atoms in total. The van der Waals surface area contributed by atoms with Crippen LogP contribution < -0.4 is 10.9 Å². The summed E-state index contributed by atoms with van der Waals surface area (Å²) in [5.74, 6) is -0.396. The van der Waals surface area contributed by atoms with E-state index in [0.29, 0.717) is 17.4 Å². The van der Waals surface area contributed by atoms with Gasteiger partial charge in [0.15, 0.2) is 0 Å². The fraction of sp³-hybridized carbons (Fsp3) is 0.474. The molecule has 1 aliphatic rings. The Morgan fingerprint density at radius 1 is 1.21 bits per heavy atom. The molecule has 1 aromatic carbocycles. The van der Waals surface area contributed by atoms with Crippen LogP contribution >= 0.6 is 0 Å². The Morgan fingerprint density at radius 2 is 1.93 bits per heavy atom. The number of likely N-dealkylation sites (N-methyl/N-ethyl adjacent to an activating group) is 1. The van der Waals surface area contributed by atoms with Gasteiger partial charge in [0.2, 0.25) is 5.56 Å². The minimum Gasteiger partial charge on any atom is -0.352 e. The van der Waals surface area contributed by atoms with Gasteiger partial charge in [0.1, 0.15) is 0 Å². The Labute approximate surface area is 162 Å². The third-order valence-corrected chi connectivity index (χ3v) is 5.13. The van der Waals surface area contributed by atoms with E-state index in [1.54, 1.807) is 0 Å². The van der Waals surface area contributed by atoms with Gasteiger partial charge in [-0.2, -0.15) is 0 Å². The molecule has 1 aliphatic heterocycles. The number of nitrogens with one attached hydrogen (secondary N) is 2. The number of piperazine rings is 1. The zero-order valence-electron chi connectivity index (χ0n) is 15.9. The predicted molar refractivity (Wildman–Crippen MR) is 107 cm³/mol. The number of amides is 1. The summed E-state index contributed by atoms with van der Waals surface area (Å²) >= 11 is 0. The van der Waals surface area contributed by atoms with Gasteiger partial charge >= 0.3 is 0 Å². The third kappa shape index (κ3) is 4.73. The predicted octanol–water partition coefficient (Wildman–Crippen LogP) is 1.19. The Kier molecular flexibility index (Phi) is 6.37. The van der Waals surface area contributed by atoms with Crippen LogP contribution in [-0.2, 0) is 0 Å². The van der Waals surface area contributed by atoms with Gasteiger partial charge in [0.25, 0.3) is 11.6 Å². The van der Waals surface area contributed by atoms with Gasteiger partial charge in [-0.3, -0.25) is 19.7 Å². The molecule has 1 fully saturated rings. The minimum atomic E-state index is -0.523. The first-order valence-electron chi connectivity index (χ1n) is 9.52. The van der Waals surface area contributed by atoms with Crippen LogP contribution in [0.15, 0.2) is 29.1 Å². The fourth-order valence-corrected chi connectivity index (χ4v) is 3.47. The van der Waals surface area contributed by atoms with Gasteiger partial charge in [-0.05, 0) is 25.6 Å². The molecule has 0 bridgehead atoms. The number of aromatic amines is 1. The Hall–Kier alpha value is -2.78. The monoisotopic (exact) mass is 387 g/mol. The van der Waals surface area contributed by atoms with Crippen LogP contribution in [0, 0.1) is 10.1 Å². The molecule has 1 aromatic heterocycles. The highest BCUT2D eigenvalue weighted by Crippen LogP contribution is 2.21. The van der Waals surface area contributed by atoms with Crippen molar-refractivity contribution in [3.05, 3.63) is 50.3 Å². The number of carbonyl (C=O) groups excluding carboxylic acids is 1. The molecule has 3 rings (SSSR count). The van der Waals surface area contributed by atoms with Crippen LogP contribution in [0.4, 0.5) is 5.69 Å². The van der Waals surface area contributed by atoms with Crippen molar-refractivity contribution in [3.8, 4) is 0 Å². The quantitative estimate of drug-likeness (QED) is 0.419. The van der Waals surface area contributed by atoms with Crippen molar-refractivity contribution in [1.29, 1.82) is 0 Å². The number of aromatic nitrogens is 1. The number of hydrogen-bond donors (Lipinski definition) is 2. The molecule has 28 heavy (non-hydrogen) atoms. The molecule has 0 atom stereocenters. The lowest BCUT2D eigenvalue weighted by molar-refractivity contribution is -0.384. The Morgan fingerprint density at radius 3 is 2.61 bits per heavy atom. The molecular weight excluding hydrogens is 362 g/mol. The van der Waals surface area contributed by atoms with Crippen molar-refractivity contribution < 1.29 is 9.72 Å². The summed E-state index contributed by atoms with van der Waals surface area (Å²) in [6, 6.07) is 5.25. The Balaban J connectivity index is 1.61. The summed E-state index contributed by atoms with van der Waals surface area (Å²) in [4.78, 5) is 42.3. The fourth-order valence-electron chi connectivity index (χ4n) is 3.47. The normalized spacial score (nSPS) is 15.6. The number of nitrogens with zero attached hydrogens (tertiary/aromatic N) is 3. The van der Waals surface area contributed by atoms with E-state index in [0.717, 1.165) is 45.7 Å². The maximum Gasteiger partial charge on any atom is 0.270 e. The highest BCUT2D eigenvalue weighted by atomic mass is 16.6. The highest BCUT2D eigenvalue weighted by Gasteiger charge is 2.17. The van der Waals surface area contributed by atoms with Crippen molar-refractivity contribution >= 4 is 22.5 Å². The number of hydrogen-bond acceptors (Lipinski definition) is 6. The molecule has 150 valence electrons. The number of benzene rings is 1. The van der Waals surface area contributed by atoms with Crippen molar-refractivity contribution in [2.45, 2.75) is 13.3 Å². The lowest BCUT2D eigenvalue weighted by atomic mass is 10.1. The first kappa shape index (κ1) is 20.0. The molecular formula is C19H25N5O4. The first-order valence-corrected chi connectivity index (χ1v) is 9.52. The minimum absolute atomic E-state index is 0.125. The second kappa shape index (κ2) is 8.94. The molecule has 0 radical (unpaired) electrons. The molecule has 0 spiro atoms. The van der Waals surface area contributed by atoms with Crippen molar-refractivity contribution in [1.82, 2.24) is 20.1 Å². The summed E-state index contributed by atoms with van der Waals surface area (Å²) in [7, 11) is 0. The number of nitro benzene ring substituents is 1. The number of rotatable bonds is 7. The number of carbonyl (C=O) groups is 1. The molecule has 0 aliphatic carbocycles. The number of pyridine rings is 1. The molecule has 1 amide bonds.